The second kappa shape index (κ2) is 7.45. The Labute approximate surface area is 147 Å². The number of nitrogens with one attached hydrogen (secondary N) is 1. The van der Waals surface area contributed by atoms with E-state index in [-0.39, 0.29) is 17.7 Å². The third kappa shape index (κ3) is 3.74. The fourth-order valence-corrected chi connectivity index (χ4v) is 3.49. The van der Waals surface area contributed by atoms with Crippen molar-refractivity contribution in [3.05, 3.63) is 46.9 Å². The number of carbonyl (C=O) groups excluding carboxylic acids is 1. The average molecular weight is 360 g/mol. The molecular weight excluding hydrogens is 344 g/mol. The molecule has 0 spiro atoms. The van der Waals surface area contributed by atoms with Crippen LogP contribution in [0.25, 0.3) is 11.4 Å². The molecule has 1 atom stereocenters. The van der Waals surface area contributed by atoms with Crippen molar-refractivity contribution in [3.8, 4) is 11.4 Å². The number of thiophene rings is 1. The molecule has 3 aromatic rings. The number of nitrogens with two attached hydrogens (primary N) is 1. The molecule has 0 saturated heterocycles. The van der Waals surface area contributed by atoms with Gasteiger partial charge < -0.3 is 11.2 Å². The molecule has 0 aromatic carbocycles. The highest BCUT2D eigenvalue weighted by atomic mass is 32.2. The van der Waals surface area contributed by atoms with Crippen LogP contribution in [0.4, 0.5) is 0 Å². The molecule has 3 rings (SSSR count). The monoisotopic (exact) mass is 360 g/mol. The van der Waals surface area contributed by atoms with Crippen LogP contribution in [-0.2, 0) is 4.79 Å². The molecule has 9 heteroatoms. The molecule has 124 valence electrons. The lowest BCUT2D eigenvalue weighted by Crippen LogP contribution is -2.28. The number of rotatable bonds is 6. The van der Waals surface area contributed by atoms with E-state index in [1.54, 1.807) is 29.8 Å². The minimum absolute atomic E-state index is 0.0141. The van der Waals surface area contributed by atoms with Gasteiger partial charge in [-0.25, -0.2) is 4.68 Å². The molecule has 0 aliphatic rings. The van der Waals surface area contributed by atoms with E-state index in [2.05, 4.69) is 20.5 Å². The molecule has 24 heavy (non-hydrogen) atoms. The maximum Gasteiger partial charge on any atom is 0.230 e. The number of nitrogens with zero attached hydrogens (tertiary/aromatic N) is 4. The summed E-state index contributed by atoms with van der Waals surface area (Å²) in [5, 5.41) is 13.5. The number of thioether (sulfide) groups is 1. The second-order valence-electron chi connectivity index (χ2n) is 5.01. The van der Waals surface area contributed by atoms with Gasteiger partial charge >= 0.3 is 0 Å². The topological polar surface area (TPSA) is 98.7 Å². The SMILES string of the molecule is C[C@@H](NC(=O)CSc1nnc(-c2cccnc2)n1N)c1cccs1. The van der Waals surface area contributed by atoms with Gasteiger partial charge in [0.25, 0.3) is 0 Å². The Morgan fingerprint density at radius 2 is 2.29 bits per heavy atom. The van der Waals surface area contributed by atoms with Crippen LogP contribution >= 0.6 is 23.1 Å². The van der Waals surface area contributed by atoms with Gasteiger partial charge in [-0.1, -0.05) is 17.8 Å². The maximum atomic E-state index is 12.1. The first-order chi connectivity index (χ1) is 11.6. The average Bonchev–Trinajstić information content (AvgIpc) is 3.24. The lowest BCUT2D eigenvalue weighted by molar-refractivity contribution is -0.119. The van der Waals surface area contributed by atoms with Crippen molar-refractivity contribution in [2.75, 3.05) is 11.6 Å². The van der Waals surface area contributed by atoms with Crippen LogP contribution in [0.1, 0.15) is 17.8 Å². The van der Waals surface area contributed by atoms with Gasteiger partial charge in [0.15, 0.2) is 5.82 Å². The van der Waals surface area contributed by atoms with Crippen LogP contribution in [0.15, 0.2) is 47.2 Å². The molecule has 0 aliphatic heterocycles. The van der Waals surface area contributed by atoms with Crippen LogP contribution in [0, 0.1) is 0 Å². The van der Waals surface area contributed by atoms with Crippen LogP contribution in [0.5, 0.6) is 0 Å². The molecular formula is C15H16N6OS2. The normalized spacial score (nSPS) is 12.0. The minimum atomic E-state index is -0.0770. The number of nitrogen functional groups attached to an aromatic ring is 1. The molecule has 3 aromatic heterocycles. The molecule has 0 unspecified atom stereocenters. The summed E-state index contributed by atoms with van der Waals surface area (Å²) in [6.07, 6.45) is 3.34. The van der Waals surface area contributed by atoms with E-state index in [1.807, 2.05) is 30.5 Å². The van der Waals surface area contributed by atoms with Crippen molar-refractivity contribution in [3.63, 3.8) is 0 Å². The maximum absolute atomic E-state index is 12.1. The molecule has 3 N–H and O–H groups in total. The fourth-order valence-electron chi connectivity index (χ4n) is 2.09. The van der Waals surface area contributed by atoms with Gasteiger partial charge in [0, 0.05) is 22.8 Å². The molecule has 0 radical (unpaired) electrons. The molecule has 3 heterocycles. The van der Waals surface area contributed by atoms with E-state index >= 15 is 0 Å². The summed E-state index contributed by atoms with van der Waals surface area (Å²) >= 11 is 2.86. The van der Waals surface area contributed by atoms with Gasteiger partial charge in [-0.2, -0.15) is 0 Å². The molecule has 1 amide bonds. The van der Waals surface area contributed by atoms with E-state index in [4.69, 9.17) is 5.84 Å². The molecule has 0 aliphatic carbocycles. The first kappa shape index (κ1) is 16.5. The lowest BCUT2D eigenvalue weighted by Gasteiger charge is -2.11. The van der Waals surface area contributed by atoms with Gasteiger partial charge in [0.05, 0.1) is 11.8 Å². The molecule has 0 fully saturated rings. The number of hydrogen-bond acceptors (Lipinski definition) is 7. The van der Waals surface area contributed by atoms with Gasteiger partial charge in [-0.15, -0.1) is 21.5 Å². The largest absolute Gasteiger partial charge is 0.348 e. The fraction of sp³-hybridized carbons (Fsp3) is 0.200. The van der Waals surface area contributed by atoms with Crippen LogP contribution in [0.2, 0.25) is 0 Å². The Morgan fingerprint density at radius 1 is 1.42 bits per heavy atom. The van der Waals surface area contributed by atoms with Crippen molar-refractivity contribution in [1.82, 2.24) is 25.2 Å². The highest BCUT2D eigenvalue weighted by Crippen LogP contribution is 2.21. The molecule has 0 saturated carbocycles. The zero-order valence-electron chi connectivity index (χ0n) is 12.9. The zero-order valence-corrected chi connectivity index (χ0v) is 14.5. The van der Waals surface area contributed by atoms with Gasteiger partial charge in [-0.3, -0.25) is 9.78 Å². The Balaban J connectivity index is 1.59. The van der Waals surface area contributed by atoms with E-state index in [9.17, 15) is 4.79 Å². The predicted molar refractivity (Wildman–Crippen MR) is 95.0 cm³/mol. The van der Waals surface area contributed by atoms with Crippen molar-refractivity contribution < 1.29 is 4.79 Å². The number of amides is 1. The summed E-state index contributed by atoms with van der Waals surface area (Å²) in [4.78, 5) is 17.2. The highest BCUT2D eigenvalue weighted by Gasteiger charge is 2.15. The quantitative estimate of drug-likeness (QED) is 0.516. The first-order valence-corrected chi connectivity index (χ1v) is 9.08. The summed E-state index contributed by atoms with van der Waals surface area (Å²) in [7, 11) is 0. The van der Waals surface area contributed by atoms with Gasteiger partial charge in [0.2, 0.25) is 11.1 Å². The number of carbonyl (C=O) groups is 1. The Kier molecular flexibility index (Phi) is 5.11. The summed E-state index contributed by atoms with van der Waals surface area (Å²) in [5.74, 6) is 6.67. The van der Waals surface area contributed by atoms with E-state index in [0.717, 1.165) is 10.4 Å². The van der Waals surface area contributed by atoms with Crippen molar-refractivity contribution in [2.24, 2.45) is 0 Å². The summed E-state index contributed by atoms with van der Waals surface area (Å²) in [6.45, 7) is 1.96. The van der Waals surface area contributed by atoms with Crippen molar-refractivity contribution >= 4 is 29.0 Å². The van der Waals surface area contributed by atoms with Crippen molar-refractivity contribution in [1.29, 1.82) is 0 Å². The van der Waals surface area contributed by atoms with Gasteiger partial charge in [0.1, 0.15) is 0 Å². The molecule has 7 nitrogen and oxygen atoms in total. The Morgan fingerprint density at radius 3 is 3.00 bits per heavy atom. The van der Waals surface area contributed by atoms with Crippen molar-refractivity contribution in [2.45, 2.75) is 18.1 Å². The zero-order chi connectivity index (χ0) is 16.9. The highest BCUT2D eigenvalue weighted by molar-refractivity contribution is 7.99. The summed E-state index contributed by atoms with van der Waals surface area (Å²) in [6, 6.07) is 7.61. The van der Waals surface area contributed by atoms with Gasteiger partial charge in [-0.05, 0) is 30.5 Å². The third-order valence-electron chi connectivity index (χ3n) is 3.26. The standard InChI is InChI=1S/C15H16N6OS2/c1-10(12-5-3-7-23-12)18-13(22)9-24-15-20-19-14(21(15)16)11-4-2-6-17-8-11/h2-8,10H,9,16H2,1H3,(H,18,22)/t10-/m1/s1. The predicted octanol–water partition coefficient (Wildman–Crippen LogP) is 2.08. The summed E-state index contributed by atoms with van der Waals surface area (Å²) < 4.78 is 1.37. The van der Waals surface area contributed by atoms with Crippen LogP contribution < -0.4 is 11.2 Å². The van der Waals surface area contributed by atoms with E-state index in [0.29, 0.717) is 11.0 Å². The smallest absolute Gasteiger partial charge is 0.230 e. The lowest BCUT2D eigenvalue weighted by atomic mass is 10.3. The molecule has 0 bridgehead atoms. The number of hydrogen-bond donors (Lipinski definition) is 2. The third-order valence-corrected chi connectivity index (χ3v) is 5.26. The number of aromatic nitrogens is 4. The second-order valence-corrected chi connectivity index (χ2v) is 6.93. The summed E-state index contributed by atoms with van der Waals surface area (Å²) in [5.41, 5.74) is 0.773. The number of pyridine rings is 1. The van der Waals surface area contributed by atoms with E-state index < -0.39 is 0 Å². The Hall–Kier alpha value is -2.39. The van der Waals surface area contributed by atoms with E-state index in [1.165, 1.54) is 16.4 Å². The minimum Gasteiger partial charge on any atom is -0.348 e. The van der Waals surface area contributed by atoms with Crippen LogP contribution in [-0.4, -0.2) is 31.5 Å². The Bertz CT molecular complexity index is 803. The van der Waals surface area contributed by atoms with Crippen LogP contribution in [0.3, 0.4) is 0 Å². The first-order valence-electron chi connectivity index (χ1n) is 7.21.